The van der Waals surface area contributed by atoms with Crippen LogP contribution in [0.3, 0.4) is 0 Å². The molecule has 0 fully saturated rings. The number of hydrogen-bond donors (Lipinski definition) is 2. The zero-order valence-corrected chi connectivity index (χ0v) is 13.7. The average Bonchev–Trinajstić information content (AvgIpc) is 2.86. The van der Waals surface area contributed by atoms with Crippen molar-refractivity contribution in [1.82, 2.24) is 29.7 Å². The Hall–Kier alpha value is -2.39. The first-order valence-corrected chi connectivity index (χ1v) is 7.93. The minimum absolute atomic E-state index is 0.105. The van der Waals surface area contributed by atoms with Crippen molar-refractivity contribution >= 4 is 35.3 Å². The first kappa shape index (κ1) is 15.5. The molecule has 118 valence electrons. The molecule has 0 aliphatic carbocycles. The number of anilines is 2. The van der Waals surface area contributed by atoms with Gasteiger partial charge in [0, 0.05) is 17.6 Å². The molecule has 0 aliphatic heterocycles. The van der Waals surface area contributed by atoms with E-state index < -0.39 is 0 Å². The van der Waals surface area contributed by atoms with Crippen molar-refractivity contribution in [1.29, 1.82) is 0 Å². The van der Waals surface area contributed by atoms with Gasteiger partial charge in [0.25, 0.3) is 0 Å². The maximum Gasteiger partial charge on any atom is 0.225 e. The minimum atomic E-state index is 0.105. The predicted octanol–water partition coefficient (Wildman–Crippen LogP) is 1.78. The highest BCUT2D eigenvalue weighted by molar-refractivity contribution is 7.98. The van der Waals surface area contributed by atoms with E-state index in [0.717, 1.165) is 16.5 Å². The standard InChI is InChI=1S/C13H13ClN8S/c1-22-10(7-2-4-8(14)5-3-7)20-21-13(22)23-6-9-17-11(15)19-12(16)18-9/h2-5H,6H2,1H3,(H4,15,16,17,18,19). The predicted molar refractivity (Wildman–Crippen MR) is 89.7 cm³/mol. The third kappa shape index (κ3) is 3.51. The Kier molecular flexibility index (Phi) is 4.30. The number of nitrogens with two attached hydrogens (primary N) is 2. The number of aromatic nitrogens is 6. The van der Waals surface area contributed by atoms with Crippen LogP contribution >= 0.6 is 23.4 Å². The molecule has 1 aromatic carbocycles. The molecule has 3 aromatic rings. The number of halogens is 1. The molecule has 0 bridgehead atoms. The summed E-state index contributed by atoms with van der Waals surface area (Å²) in [5, 5.41) is 9.80. The summed E-state index contributed by atoms with van der Waals surface area (Å²) >= 11 is 7.34. The highest BCUT2D eigenvalue weighted by atomic mass is 35.5. The fraction of sp³-hybridized carbons (Fsp3) is 0.154. The van der Waals surface area contributed by atoms with Gasteiger partial charge in [-0.1, -0.05) is 23.4 Å². The zero-order chi connectivity index (χ0) is 16.4. The highest BCUT2D eigenvalue weighted by Crippen LogP contribution is 2.25. The summed E-state index contributed by atoms with van der Waals surface area (Å²) in [5.41, 5.74) is 12.0. The van der Waals surface area contributed by atoms with E-state index in [1.807, 2.05) is 35.9 Å². The Morgan fingerprint density at radius 1 is 1.04 bits per heavy atom. The van der Waals surface area contributed by atoms with Crippen molar-refractivity contribution in [2.75, 3.05) is 11.5 Å². The van der Waals surface area contributed by atoms with Crippen LogP contribution in [-0.4, -0.2) is 29.7 Å². The summed E-state index contributed by atoms with van der Waals surface area (Å²) < 4.78 is 1.89. The molecular weight excluding hydrogens is 336 g/mol. The topological polar surface area (TPSA) is 121 Å². The molecule has 3 rings (SSSR count). The van der Waals surface area contributed by atoms with E-state index >= 15 is 0 Å². The van der Waals surface area contributed by atoms with E-state index in [0.29, 0.717) is 16.6 Å². The maximum atomic E-state index is 5.90. The quantitative estimate of drug-likeness (QED) is 0.684. The van der Waals surface area contributed by atoms with Gasteiger partial charge in [0.2, 0.25) is 11.9 Å². The van der Waals surface area contributed by atoms with Gasteiger partial charge in [-0.15, -0.1) is 10.2 Å². The van der Waals surface area contributed by atoms with Gasteiger partial charge in [-0.25, -0.2) is 0 Å². The first-order chi connectivity index (χ1) is 11.0. The van der Waals surface area contributed by atoms with Gasteiger partial charge in [0.15, 0.2) is 11.0 Å². The fourth-order valence-electron chi connectivity index (χ4n) is 1.94. The molecule has 0 radical (unpaired) electrons. The Bertz CT molecular complexity index is 812. The van der Waals surface area contributed by atoms with Crippen LogP contribution in [0.15, 0.2) is 29.4 Å². The maximum absolute atomic E-state index is 5.90. The van der Waals surface area contributed by atoms with Crippen LogP contribution in [0.2, 0.25) is 5.02 Å². The SMILES string of the molecule is Cn1c(SCc2nc(N)nc(N)n2)nnc1-c1ccc(Cl)cc1. The fourth-order valence-corrected chi connectivity index (χ4v) is 2.83. The largest absolute Gasteiger partial charge is 0.368 e. The van der Waals surface area contributed by atoms with Crippen LogP contribution in [0.1, 0.15) is 5.82 Å². The average molecular weight is 349 g/mol. The molecule has 10 heteroatoms. The van der Waals surface area contributed by atoms with Crippen LogP contribution in [0, 0.1) is 0 Å². The van der Waals surface area contributed by atoms with Crippen LogP contribution in [0.25, 0.3) is 11.4 Å². The van der Waals surface area contributed by atoms with E-state index in [1.165, 1.54) is 11.8 Å². The summed E-state index contributed by atoms with van der Waals surface area (Å²) in [7, 11) is 1.89. The van der Waals surface area contributed by atoms with Gasteiger partial charge in [-0.3, -0.25) is 0 Å². The smallest absolute Gasteiger partial charge is 0.225 e. The van der Waals surface area contributed by atoms with Gasteiger partial charge >= 0.3 is 0 Å². The van der Waals surface area contributed by atoms with Crippen molar-refractivity contribution < 1.29 is 0 Å². The number of thioether (sulfide) groups is 1. The third-order valence-electron chi connectivity index (χ3n) is 2.98. The van der Waals surface area contributed by atoms with Crippen LogP contribution in [0.5, 0.6) is 0 Å². The zero-order valence-electron chi connectivity index (χ0n) is 12.1. The highest BCUT2D eigenvalue weighted by Gasteiger charge is 2.12. The number of nitrogen functional groups attached to an aromatic ring is 2. The van der Waals surface area contributed by atoms with E-state index in [9.17, 15) is 0 Å². The summed E-state index contributed by atoms with van der Waals surface area (Å²) in [5.74, 6) is 1.92. The van der Waals surface area contributed by atoms with Crippen molar-refractivity contribution in [3.8, 4) is 11.4 Å². The summed E-state index contributed by atoms with van der Waals surface area (Å²) in [6.45, 7) is 0. The lowest BCUT2D eigenvalue weighted by atomic mass is 10.2. The van der Waals surface area contributed by atoms with Crippen LogP contribution in [-0.2, 0) is 12.8 Å². The minimum Gasteiger partial charge on any atom is -0.368 e. The van der Waals surface area contributed by atoms with Gasteiger partial charge in [0.1, 0.15) is 5.82 Å². The lowest BCUT2D eigenvalue weighted by molar-refractivity contribution is 0.792. The lowest BCUT2D eigenvalue weighted by Crippen LogP contribution is -2.06. The number of benzene rings is 1. The summed E-state index contributed by atoms with van der Waals surface area (Å²) in [4.78, 5) is 11.8. The van der Waals surface area contributed by atoms with Crippen molar-refractivity contribution in [2.24, 2.45) is 7.05 Å². The monoisotopic (exact) mass is 348 g/mol. The Morgan fingerprint density at radius 3 is 2.35 bits per heavy atom. The molecule has 8 nitrogen and oxygen atoms in total. The molecule has 0 unspecified atom stereocenters. The second kappa shape index (κ2) is 6.39. The van der Waals surface area contributed by atoms with Gasteiger partial charge in [-0.2, -0.15) is 15.0 Å². The van der Waals surface area contributed by atoms with Crippen molar-refractivity contribution in [3.63, 3.8) is 0 Å². The molecule has 2 heterocycles. The molecule has 4 N–H and O–H groups in total. The molecule has 0 atom stereocenters. The number of nitrogens with zero attached hydrogens (tertiary/aromatic N) is 6. The second-order valence-corrected chi connectivity index (χ2v) is 6.01. The molecular formula is C13H13ClN8S. The van der Waals surface area contributed by atoms with E-state index in [-0.39, 0.29) is 11.9 Å². The van der Waals surface area contributed by atoms with Gasteiger partial charge in [-0.05, 0) is 24.3 Å². The third-order valence-corrected chi connectivity index (χ3v) is 4.25. The van der Waals surface area contributed by atoms with Crippen LogP contribution < -0.4 is 11.5 Å². The number of hydrogen-bond acceptors (Lipinski definition) is 8. The Morgan fingerprint density at radius 2 is 1.70 bits per heavy atom. The van der Waals surface area contributed by atoms with Crippen LogP contribution in [0.4, 0.5) is 11.9 Å². The Balaban J connectivity index is 1.78. The van der Waals surface area contributed by atoms with Gasteiger partial charge in [0.05, 0.1) is 5.75 Å². The Labute approximate surface area is 141 Å². The first-order valence-electron chi connectivity index (χ1n) is 6.57. The summed E-state index contributed by atoms with van der Waals surface area (Å²) in [6.07, 6.45) is 0. The molecule has 0 aliphatic rings. The normalized spacial score (nSPS) is 10.9. The van der Waals surface area contributed by atoms with E-state index in [1.54, 1.807) is 0 Å². The lowest BCUT2D eigenvalue weighted by Gasteiger charge is -2.04. The summed E-state index contributed by atoms with van der Waals surface area (Å²) in [6, 6.07) is 7.42. The van der Waals surface area contributed by atoms with Gasteiger partial charge < -0.3 is 16.0 Å². The molecule has 0 saturated heterocycles. The van der Waals surface area contributed by atoms with E-state index in [2.05, 4.69) is 25.1 Å². The second-order valence-electron chi connectivity index (χ2n) is 4.63. The van der Waals surface area contributed by atoms with Crippen molar-refractivity contribution in [2.45, 2.75) is 10.9 Å². The molecule has 0 amide bonds. The van der Waals surface area contributed by atoms with E-state index in [4.69, 9.17) is 23.1 Å². The number of rotatable bonds is 4. The molecule has 2 aromatic heterocycles. The molecule has 0 saturated carbocycles. The van der Waals surface area contributed by atoms with Crippen molar-refractivity contribution in [3.05, 3.63) is 35.1 Å². The molecule has 0 spiro atoms. The molecule has 23 heavy (non-hydrogen) atoms.